The van der Waals surface area contributed by atoms with E-state index < -0.39 is 5.92 Å². The first-order chi connectivity index (χ1) is 6.11. The zero-order valence-corrected chi connectivity index (χ0v) is 8.27. The van der Waals surface area contributed by atoms with E-state index in [-0.39, 0.29) is 24.3 Å². The maximum atomic E-state index is 13.3. The topological polar surface area (TPSA) is 9.23 Å². The van der Waals surface area contributed by atoms with Gasteiger partial charge in [-0.05, 0) is 12.1 Å². The third-order valence-corrected chi connectivity index (χ3v) is 2.68. The summed E-state index contributed by atoms with van der Waals surface area (Å²) in [6.45, 7) is 0.0798. The van der Waals surface area contributed by atoms with Gasteiger partial charge < -0.3 is 4.74 Å². The van der Waals surface area contributed by atoms with Crippen LogP contribution in [0.4, 0.5) is 8.78 Å². The van der Waals surface area contributed by atoms with Crippen molar-refractivity contribution < 1.29 is 13.5 Å². The van der Waals surface area contributed by atoms with Crippen molar-refractivity contribution in [3.8, 4) is 5.75 Å². The maximum Gasteiger partial charge on any atom is 0.281 e. The molecule has 0 spiro atoms. The summed E-state index contributed by atoms with van der Waals surface area (Å²) >= 11 is 3.10. The van der Waals surface area contributed by atoms with Crippen molar-refractivity contribution in [2.45, 2.75) is 12.3 Å². The van der Waals surface area contributed by atoms with E-state index in [1.165, 1.54) is 0 Å². The molecule has 0 radical (unpaired) electrons. The van der Waals surface area contributed by atoms with Crippen LogP contribution in [0.5, 0.6) is 5.75 Å². The quantitative estimate of drug-likeness (QED) is 0.685. The maximum absolute atomic E-state index is 13.3. The molecule has 0 atom stereocenters. The zero-order valence-electron chi connectivity index (χ0n) is 6.69. The van der Waals surface area contributed by atoms with Gasteiger partial charge in [0.25, 0.3) is 5.92 Å². The van der Waals surface area contributed by atoms with Gasteiger partial charge in [-0.1, -0.05) is 22.0 Å². The molecule has 0 aromatic heterocycles. The highest BCUT2D eigenvalue weighted by Gasteiger charge is 2.39. The lowest BCUT2D eigenvalue weighted by atomic mass is 10.0. The van der Waals surface area contributed by atoms with Crippen LogP contribution in [0, 0.1) is 0 Å². The molecule has 13 heavy (non-hydrogen) atoms. The number of rotatable bonds is 0. The molecule has 0 bridgehead atoms. The van der Waals surface area contributed by atoms with Crippen LogP contribution >= 0.6 is 15.9 Å². The van der Waals surface area contributed by atoms with Crippen molar-refractivity contribution >= 4 is 15.9 Å². The van der Waals surface area contributed by atoms with E-state index in [0.29, 0.717) is 4.47 Å². The smallest absolute Gasteiger partial charge is 0.281 e. The van der Waals surface area contributed by atoms with Gasteiger partial charge in [-0.25, -0.2) is 8.78 Å². The SMILES string of the molecule is FC1(F)CCOc2cccc(Br)c21. The van der Waals surface area contributed by atoms with E-state index in [2.05, 4.69) is 15.9 Å². The summed E-state index contributed by atoms with van der Waals surface area (Å²) in [5.41, 5.74) is -0.0266. The summed E-state index contributed by atoms with van der Waals surface area (Å²) < 4.78 is 32.2. The van der Waals surface area contributed by atoms with Gasteiger partial charge in [0.1, 0.15) is 5.75 Å². The van der Waals surface area contributed by atoms with Gasteiger partial charge in [-0.2, -0.15) is 0 Å². The normalized spacial score (nSPS) is 19.0. The molecule has 0 aliphatic carbocycles. The second-order valence-corrected chi connectivity index (χ2v) is 3.77. The van der Waals surface area contributed by atoms with Crippen molar-refractivity contribution in [2.75, 3.05) is 6.61 Å². The molecule has 0 saturated carbocycles. The summed E-state index contributed by atoms with van der Waals surface area (Å²) in [6.07, 6.45) is -0.247. The largest absolute Gasteiger partial charge is 0.493 e. The van der Waals surface area contributed by atoms with Crippen molar-refractivity contribution in [3.05, 3.63) is 28.2 Å². The number of ether oxygens (including phenoxy) is 1. The molecule has 0 unspecified atom stereocenters. The van der Waals surface area contributed by atoms with Crippen LogP contribution in [0.3, 0.4) is 0 Å². The van der Waals surface area contributed by atoms with E-state index >= 15 is 0 Å². The number of alkyl halides is 2. The second-order valence-electron chi connectivity index (χ2n) is 2.92. The van der Waals surface area contributed by atoms with Crippen LogP contribution in [0.2, 0.25) is 0 Å². The summed E-state index contributed by atoms with van der Waals surface area (Å²) in [5.74, 6) is -2.49. The van der Waals surface area contributed by atoms with Gasteiger partial charge in [0.15, 0.2) is 0 Å². The van der Waals surface area contributed by atoms with Crippen LogP contribution in [0.1, 0.15) is 12.0 Å². The van der Waals surface area contributed by atoms with Gasteiger partial charge in [0.05, 0.1) is 18.6 Å². The fraction of sp³-hybridized carbons (Fsp3) is 0.333. The molecular formula is C9H7BrF2O. The van der Waals surface area contributed by atoms with Gasteiger partial charge in [-0.15, -0.1) is 0 Å². The van der Waals surface area contributed by atoms with Crippen molar-refractivity contribution in [1.29, 1.82) is 0 Å². The fourth-order valence-electron chi connectivity index (χ4n) is 1.39. The second kappa shape index (κ2) is 2.94. The van der Waals surface area contributed by atoms with Crippen molar-refractivity contribution in [1.82, 2.24) is 0 Å². The Kier molecular flexibility index (Phi) is 2.02. The average molecular weight is 249 g/mol. The first-order valence-electron chi connectivity index (χ1n) is 3.91. The minimum Gasteiger partial charge on any atom is -0.493 e. The highest BCUT2D eigenvalue weighted by atomic mass is 79.9. The van der Waals surface area contributed by atoms with Crippen LogP contribution in [-0.2, 0) is 5.92 Å². The molecule has 1 aliphatic heterocycles. The number of hydrogen-bond acceptors (Lipinski definition) is 1. The standard InChI is InChI=1S/C9H7BrF2O/c10-6-2-1-3-7-8(6)9(11,12)4-5-13-7/h1-3H,4-5H2. The van der Waals surface area contributed by atoms with Gasteiger partial charge in [-0.3, -0.25) is 0 Å². The van der Waals surface area contributed by atoms with Gasteiger partial charge >= 0.3 is 0 Å². The number of fused-ring (bicyclic) bond motifs is 1. The molecular weight excluding hydrogens is 242 g/mol. The van der Waals surface area contributed by atoms with E-state index in [1.54, 1.807) is 18.2 Å². The van der Waals surface area contributed by atoms with Crippen molar-refractivity contribution in [2.24, 2.45) is 0 Å². The summed E-state index contributed by atoms with van der Waals surface area (Å²) in [5, 5.41) is 0. The number of halogens is 3. The third-order valence-electron chi connectivity index (χ3n) is 2.01. The highest BCUT2D eigenvalue weighted by Crippen LogP contribution is 2.44. The van der Waals surface area contributed by atoms with E-state index in [1.807, 2.05) is 0 Å². The fourth-order valence-corrected chi connectivity index (χ4v) is 2.03. The number of benzene rings is 1. The Morgan fingerprint density at radius 1 is 1.38 bits per heavy atom. The Labute approximate surface area is 82.8 Å². The summed E-state index contributed by atoms with van der Waals surface area (Å²) in [7, 11) is 0. The minimum atomic E-state index is -2.77. The lowest BCUT2D eigenvalue weighted by Crippen LogP contribution is -2.24. The monoisotopic (exact) mass is 248 g/mol. The van der Waals surface area contributed by atoms with Gasteiger partial charge in [0.2, 0.25) is 0 Å². The van der Waals surface area contributed by atoms with E-state index in [4.69, 9.17) is 4.74 Å². The highest BCUT2D eigenvalue weighted by molar-refractivity contribution is 9.10. The van der Waals surface area contributed by atoms with Crippen LogP contribution < -0.4 is 4.74 Å². The molecule has 1 nitrogen and oxygen atoms in total. The lowest BCUT2D eigenvalue weighted by Gasteiger charge is -2.26. The predicted octanol–water partition coefficient (Wildman–Crippen LogP) is 3.32. The average Bonchev–Trinajstić information content (AvgIpc) is 2.02. The summed E-state index contributed by atoms with van der Waals surface area (Å²) in [6, 6.07) is 4.85. The molecule has 4 heteroatoms. The molecule has 1 aromatic rings. The van der Waals surface area contributed by atoms with Gasteiger partial charge in [0, 0.05) is 4.47 Å². The van der Waals surface area contributed by atoms with Crippen molar-refractivity contribution in [3.63, 3.8) is 0 Å². The Balaban J connectivity index is 2.61. The minimum absolute atomic E-state index is 0.0266. The molecule has 0 fully saturated rings. The zero-order chi connectivity index (χ0) is 9.47. The number of hydrogen-bond donors (Lipinski definition) is 0. The molecule has 0 saturated heterocycles. The lowest BCUT2D eigenvalue weighted by molar-refractivity contribution is -0.0412. The molecule has 0 N–H and O–H groups in total. The molecule has 0 amide bonds. The molecule has 70 valence electrons. The Morgan fingerprint density at radius 3 is 2.85 bits per heavy atom. The Morgan fingerprint density at radius 2 is 2.15 bits per heavy atom. The molecule has 1 heterocycles. The van der Waals surface area contributed by atoms with E-state index in [0.717, 1.165) is 0 Å². The van der Waals surface area contributed by atoms with Crippen LogP contribution in [-0.4, -0.2) is 6.61 Å². The Hall–Kier alpha value is -0.640. The van der Waals surface area contributed by atoms with Crippen LogP contribution in [0.15, 0.2) is 22.7 Å². The van der Waals surface area contributed by atoms with Crippen LogP contribution in [0.25, 0.3) is 0 Å². The first-order valence-corrected chi connectivity index (χ1v) is 4.70. The third kappa shape index (κ3) is 1.43. The predicted molar refractivity (Wildman–Crippen MR) is 48.1 cm³/mol. The molecule has 1 aliphatic rings. The summed E-state index contributed by atoms with van der Waals surface area (Å²) in [4.78, 5) is 0. The first kappa shape index (κ1) is 8.94. The Bertz CT molecular complexity index is 338. The van der Waals surface area contributed by atoms with E-state index in [9.17, 15) is 8.78 Å². The molecule has 1 aromatic carbocycles. The molecule has 2 rings (SSSR count).